The number of carbonyl (C=O) groups is 2. The molecule has 0 bridgehead atoms. The molecule has 0 fully saturated rings. The quantitative estimate of drug-likeness (QED) is 0.384. The van der Waals surface area contributed by atoms with Crippen LogP contribution in [-0.4, -0.2) is 25.0 Å². The monoisotopic (exact) mass is 225 g/mol. The highest BCUT2D eigenvalue weighted by Gasteiger charge is 2.05. The fourth-order valence-electron chi connectivity index (χ4n) is 1.04. The van der Waals surface area contributed by atoms with E-state index in [0.29, 0.717) is 25.8 Å². The second-order valence-electron chi connectivity index (χ2n) is 3.38. The van der Waals surface area contributed by atoms with Crippen LogP contribution >= 0.6 is 0 Å². The van der Waals surface area contributed by atoms with Gasteiger partial charge in [-0.3, -0.25) is 9.59 Å². The molecule has 0 aliphatic rings. The van der Waals surface area contributed by atoms with Crippen LogP contribution < -0.4 is 5.32 Å². The number of esters is 1. The van der Waals surface area contributed by atoms with Gasteiger partial charge in [0, 0.05) is 25.8 Å². The van der Waals surface area contributed by atoms with E-state index in [2.05, 4.69) is 11.2 Å². The van der Waals surface area contributed by atoms with Gasteiger partial charge < -0.3 is 10.1 Å². The lowest BCUT2D eigenvalue weighted by atomic mass is 10.2. The molecule has 1 amide bonds. The van der Waals surface area contributed by atoms with Crippen molar-refractivity contribution in [2.75, 3.05) is 13.2 Å². The zero-order valence-corrected chi connectivity index (χ0v) is 9.75. The van der Waals surface area contributed by atoms with Gasteiger partial charge in [-0.25, -0.2) is 0 Å². The van der Waals surface area contributed by atoms with E-state index < -0.39 is 0 Å². The highest BCUT2D eigenvalue weighted by molar-refractivity contribution is 5.76. The molecular formula is C12H19NO3. The van der Waals surface area contributed by atoms with E-state index in [-0.39, 0.29) is 24.9 Å². The third-order valence-corrected chi connectivity index (χ3v) is 1.87. The first-order chi connectivity index (χ1) is 7.70. The molecule has 16 heavy (non-hydrogen) atoms. The van der Waals surface area contributed by atoms with Crippen molar-refractivity contribution >= 4 is 11.9 Å². The number of terminal acetylenes is 1. The van der Waals surface area contributed by atoms with Gasteiger partial charge in [-0.1, -0.05) is 6.92 Å². The minimum absolute atomic E-state index is 0.0155. The van der Waals surface area contributed by atoms with Crippen molar-refractivity contribution < 1.29 is 14.3 Å². The Labute approximate surface area is 96.7 Å². The predicted octanol–water partition coefficient (Wildman–Crippen LogP) is 1.25. The van der Waals surface area contributed by atoms with Crippen LogP contribution in [0.3, 0.4) is 0 Å². The van der Waals surface area contributed by atoms with Crippen LogP contribution in [-0.2, 0) is 14.3 Å². The second kappa shape index (κ2) is 10.0. The second-order valence-corrected chi connectivity index (χ2v) is 3.38. The van der Waals surface area contributed by atoms with Gasteiger partial charge in [0.25, 0.3) is 0 Å². The summed E-state index contributed by atoms with van der Waals surface area (Å²) in [6.45, 7) is 2.94. The first kappa shape index (κ1) is 14.5. The molecule has 90 valence electrons. The summed E-state index contributed by atoms with van der Waals surface area (Å²) in [5, 5.41) is 2.74. The van der Waals surface area contributed by atoms with E-state index >= 15 is 0 Å². The summed E-state index contributed by atoms with van der Waals surface area (Å²) in [5.41, 5.74) is 0. The van der Waals surface area contributed by atoms with E-state index in [9.17, 15) is 9.59 Å². The van der Waals surface area contributed by atoms with Gasteiger partial charge >= 0.3 is 5.97 Å². The van der Waals surface area contributed by atoms with Crippen molar-refractivity contribution in [1.29, 1.82) is 0 Å². The Balaban J connectivity index is 3.40. The molecule has 0 saturated carbocycles. The van der Waals surface area contributed by atoms with Gasteiger partial charge in [0.1, 0.15) is 6.61 Å². The molecule has 0 radical (unpaired) electrons. The lowest BCUT2D eigenvalue weighted by Gasteiger charge is -2.03. The molecule has 0 aromatic rings. The smallest absolute Gasteiger partial charge is 0.305 e. The van der Waals surface area contributed by atoms with Crippen LogP contribution in [0.15, 0.2) is 0 Å². The van der Waals surface area contributed by atoms with Crippen molar-refractivity contribution in [2.45, 2.75) is 39.0 Å². The van der Waals surface area contributed by atoms with Crippen LogP contribution in [0.5, 0.6) is 0 Å². The molecule has 0 aromatic carbocycles. The number of amides is 1. The summed E-state index contributed by atoms with van der Waals surface area (Å²) in [7, 11) is 0. The van der Waals surface area contributed by atoms with Crippen LogP contribution in [0.2, 0.25) is 0 Å². The Kier molecular flexibility index (Phi) is 9.09. The minimum Gasteiger partial charge on any atom is -0.465 e. The molecule has 0 unspecified atom stereocenters. The molecule has 0 heterocycles. The molecule has 0 rings (SSSR count). The zero-order valence-electron chi connectivity index (χ0n) is 9.75. The van der Waals surface area contributed by atoms with Gasteiger partial charge in [0.15, 0.2) is 0 Å². The van der Waals surface area contributed by atoms with Gasteiger partial charge in [-0.2, -0.15) is 0 Å². The molecule has 0 aliphatic heterocycles. The van der Waals surface area contributed by atoms with Crippen LogP contribution in [0.4, 0.5) is 0 Å². The summed E-state index contributed by atoms with van der Waals surface area (Å²) in [4.78, 5) is 22.2. The molecular weight excluding hydrogens is 206 g/mol. The van der Waals surface area contributed by atoms with Crippen LogP contribution in [0, 0.1) is 12.3 Å². The van der Waals surface area contributed by atoms with E-state index in [4.69, 9.17) is 11.2 Å². The highest BCUT2D eigenvalue weighted by Crippen LogP contribution is 1.98. The number of carbonyl (C=O) groups excluding carboxylic acids is 2. The van der Waals surface area contributed by atoms with Crippen molar-refractivity contribution in [3.05, 3.63) is 0 Å². The Bertz CT molecular complexity index is 255. The first-order valence-corrected chi connectivity index (χ1v) is 5.56. The number of nitrogens with one attached hydrogen (secondary N) is 1. The predicted molar refractivity (Wildman–Crippen MR) is 61.6 cm³/mol. The lowest BCUT2D eigenvalue weighted by Crippen LogP contribution is -2.23. The van der Waals surface area contributed by atoms with Gasteiger partial charge in [-0.15, -0.1) is 12.3 Å². The van der Waals surface area contributed by atoms with E-state index in [0.717, 1.165) is 6.42 Å². The maximum atomic E-state index is 11.2. The Morgan fingerprint density at radius 3 is 2.75 bits per heavy atom. The highest BCUT2D eigenvalue weighted by atomic mass is 16.5. The Hall–Kier alpha value is -1.50. The van der Waals surface area contributed by atoms with Crippen molar-refractivity contribution in [3.63, 3.8) is 0 Å². The molecule has 0 saturated heterocycles. The average molecular weight is 225 g/mol. The van der Waals surface area contributed by atoms with Gasteiger partial charge in [0.05, 0.1) is 0 Å². The van der Waals surface area contributed by atoms with Crippen LogP contribution in [0.1, 0.15) is 39.0 Å². The molecule has 1 N–H and O–H groups in total. The minimum atomic E-state index is -0.293. The number of hydrogen-bond acceptors (Lipinski definition) is 3. The average Bonchev–Trinajstić information content (AvgIpc) is 2.26. The maximum Gasteiger partial charge on any atom is 0.305 e. The third kappa shape index (κ3) is 9.07. The normalized spacial score (nSPS) is 9.25. The van der Waals surface area contributed by atoms with Gasteiger partial charge in [0.2, 0.25) is 5.91 Å². The molecule has 0 spiro atoms. The van der Waals surface area contributed by atoms with Crippen LogP contribution in [0.25, 0.3) is 0 Å². The van der Waals surface area contributed by atoms with Gasteiger partial charge in [-0.05, 0) is 12.8 Å². The molecule has 4 nitrogen and oxygen atoms in total. The summed E-state index contributed by atoms with van der Waals surface area (Å²) in [6, 6.07) is 0. The molecule has 0 aliphatic carbocycles. The standard InChI is InChI=1S/C12H19NO3/c1-3-5-10-16-12(15)8-6-7-11(14)13-9-4-2/h1H,4-10H2,2H3,(H,13,14). The SMILES string of the molecule is C#CCCOC(=O)CCCC(=O)NCCC. The number of ether oxygens (including phenoxy) is 1. The largest absolute Gasteiger partial charge is 0.465 e. The number of rotatable bonds is 8. The van der Waals surface area contributed by atoms with Crippen molar-refractivity contribution in [3.8, 4) is 12.3 Å². The fraction of sp³-hybridized carbons (Fsp3) is 0.667. The molecule has 0 atom stereocenters. The molecule has 0 aromatic heterocycles. The van der Waals surface area contributed by atoms with Crippen molar-refractivity contribution in [2.24, 2.45) is 0 Å². The first-order valence-electron chi connectivity index (χ1n) is 5.56. The fourth-order valence-corrected chi connectivity index (χ4v) is 1.04. The maximum absolute atomic E-state index is 11.2. The third-order valence-electron chi connectivity index (χ3n) is 1.87. The summed E-state index contributed by atoms with van der Waals surface area (Å²) < 4.78 is 4.83. The number of hydrogen-bond donors (Lipinski definition) is 1. The van der Waals surface area contributed by atoms with E-state index in [1.54, 1.807) is 0 Å². The van der Waals surface area contributed by atoms with Crippen molar-refractivity contribution in [1.82, 2.24) is 5.32 Å². The lowest BCUT2D eigenvalue weighted by molar-refractivity contribution is -0.143. The summed E-state index contributed by atoms with van der Waals surface area (Å²) in [5.74, 6) is 2.07. The summed E-state index contributed by atoms with van der Waals surface area (Å²) in [6.07, 6.45) is 7.51. The topological polar surface area (TPSA) is 55.4 Å². The zero-order chi connectivity index (χ0) is 12.2. The Morgan fingerprint density at radius 1 is 1.38 bits per heavy atom. The van der Waals surface area contributed by atoms with E-state index in [1.807, 2.05) is 6.92 Å². The van der Waals surface area contributed by atoms with E-state index in [1.165, 1.54) is 0 Å². The molecule has 4 heteroatoms. The Morgan fingerprint density at radius 2 is 2.12 bits per heavy atom. The summed E-state index contributed by atoms with van der Waals surface area (Å²) >= 11 is 0.